The molecule has 2 N–H and O–H groups in total. The van der Waals surface area contributed by atoms with E-state index in [1.165, 1.54) is 0 Å². The van der Waals surface area contributed by atoms with Gasteiger partial charge < -0.3 is 10.5 Å². The Morgan fingerprint density at radius 2 is 2.07 bits per heavy atom. The molecule has 1 aliphatic heterocycles. The summed E-state index contributed by atoms with van der Waals surface area (Å²) in [5.74, 6) is 0.589. The van der Waals surface area contributed by atoms with E-state index in [0.29, 0.717) is 5.92 Å². The molecule has 0 saturated carbocycles. The molecular formula is C11H24N2O. The number of hydrogen-bond donors (Lipinski definition) is 1. The van der Waals surface area contributed by atoms with Gasteiger partial charge in [-0.15, -0.1) is 0 Å². The quantitative estimate of drug-likeness (QED) is 0.741. The van der Waals surface area contributed by atoms with Crippen LogP contribution in [0.4, 0.5) is 0 Å². The molecule has 1 rings (SSSR count). The summed E-state index contributed by atoms with van der Waals surface area (Å²) < 4.78 is 5.46. The van der Waals surface area contributed by atoms with Crippen LogP contribution in [0.25, 0.3) is 0 Å². The Hall–Kier alpha value is -0.120. The molecule has 1 unspecified atom stereocenters. The monoisotopic (exact) mass is 200 g/mol. The Labute approximate surface area is 87.6 Å². The maximum Gasteiger partial charge on any atom is 0.0593 e. The van der Waals surface area contributed by atoms with Crippen molar-refractivity contribution in [3.8, 4) is 0 Å². The molecular weight excluding hydrogens is 176 g/mol. The largest absolute Gasteiger partial charge is 0.380 e. The van der Waals surface area contributed by atoms with Crippen molar-refractivity contribution in [3.05, 3.63) is 0 Å². The second-order valence-electron chi connectivity index (χ2n) is 4.67. The summed E-state index contributed by atoms with van der Waals surface area (Å²) in [5.41, 5.74) is 6.04. The maximum absolute atomic E-state index is 5.91. The Bertz CT molecular complexity index is 165. The van der Waals surface area contributed by atoms with Gasteiger partial charge in [0.1, 0.15) is 0 Å². The molecule has 1 fully saturated rings. The third-order valence-electron chi connectivity index (χ3n) is 3.60. The van der Waals surface area contributed by atoms with Crippen LogP contribution in [-0.2, 0) is 4.74 Å². The fourth-order valence-corrected chi connectivity index (χ4v) is 1.99. The lowest BCUT2D eigenvalue weighted by Crippen LogP contribution is -2.56. The molecule has 0 aromatic rings. The van der Waals surface area contributed by atoms with Gasteiger partial charge in [-0.1, -0.05) is 13.8 Å². The van der Waals surface area contributed by atoms with Crippen molar-refractivity contribution in [2.75, 3.05) is 32.8 Å². The van der Waals surface area contributed by atoms with Gasteiger partial charge in [0.15, 0.2) is 0 Å². The van der Waals surface area contributed by atoms with E-state index in [1.807, 2.05) is 0 Å². The first-order chi connectivity index (χ1) is 6.61. The average Bonchev–Trinajstić information content (AvgIpc) is 2.44. The maximum atomic E-state index is 5.91. The molecule has 1 saturated heterocycles. The molecule has 84 valence electrons. The number of ether oxygens (including phenoxy) is 1. The van der Waals surface area contributed by atoms with Crippen LogP contribution in [-0.4, -0.2) is 43.3 Å². The number of hydrogen-bond acceptors (Lipinski definition) is 3. The van der Waals surface area contributed by atoms with Gasteiger partial charge in [-0.3, -0.25) is 4.90 Å². The van der Waals surface area contributed by atoms with Crippen molar-refractivity contribution in [1.82, 2.24) is 4.90 Å². The highest BCUT2D eigenvalue weighted by Crippen LogP contribution is 2.24. The SMILES string of the molecule is CC(C)C(C)(CN)N1CCCOCC1. The zero-order valence-corrected chi connectivity index (χ0v) is 9.75. The van der Waals surface area contributed by atoms with Gasteiger partial charge in [0.25, 0.3) is 0 Å². The Kier molecular flexibility index (Phi) is 4.35. The third kappa shape index (κ3) is 2.47. The molecule has 1 atom stereocenters. The molecule has 0 amide bonds. The first-order valence-corrected chi connectivity index (χ1v) is 5.64. The molecule has 3 nitrogen and oxygen atoms in total. The zero-order valence-electron chi connectivity index (χ0n) is 9.75. The predicted molar refractivity (Wildman–Crippen MR) is 59.3 cm³/mol. The zero-order chi connectivity index (χ0) is 10.6. The van der Waals surface area contributed by atoms with E-state index in [9.17, 15) is 0 Å². The summed E-state index contributed by atoms with van der Waals surface area (Å²) >= 11 is 0. The molecule has 3 heteroatoms. The minimum atomic E-state index is 0.133. The lowest BCUT2D eigenvalue weighted by molar-refractivity contribution is 0.0608. The number of rotatable bonds is 3. The van der Waals surface area contributed by atoms with Crippen molar-refractivity contribution >= 4 is 0 Å². The molecule has 14 heavy (non-hydrogen) atoms. The number of nitrogens with zero attached hydrogens (tertiary/aromatic N) is 1. The lowest BCUT2D eigenvalue weighted by Gasteiger charge is -2.43. The second-order valence-corrected chi connectivity index (χ2v) is 4.67. The summed E-state index contributed by atoms with van der Waals surface area (Å²) in [6, 6.07) is 0. The van der Waals surface area contributed by atoms with E-state index in [4.69, 9.17) is 10.5 Å². The van der Waals surface area contributed by atoms with Crippen molar-refractivity contribution in [3.63, 3.8) is 0 Å². The summed E-state index contributed by atoms with van der Waals surface area (Å²) in [4.78, 5) is 2.49. The highest BCUT2D eigenvalue weighted by atomic mass is 16.5. The summed E-state index contributed by atoms with van der Waals surface area (Å²) in [6.45, 7) is 11.4. The highest BCUT2D eigenvalue weighted by Gasteiger charge is 2.33. The molecule has 0 radical (unpaired) electrons. The van der Waals surface area contributed by atoms with Gasteiger partial charge in [0.05, 0.1) is 6.61 Å². The second kappa shape index (κ2) is 5.10. The average molecular weight is 200 g/mol. The van der Waals surface area contributed by atoms with Gasteiger partial charge in [0.2, 0.25) is 0 Å². The lowest BCUT2D eigenvalue weighted by atomic mass is 9.86. The van der Waals surface area contributed by atoms with Crippen LogP contribution < -0.4 is 5.73 Å². The third-order valence-corrected chi connectivity index (χ3v) is 3.60. The van der Waals surface area contributed by atoms with E-state index < -0.39 is 0 Å². The fraction of sp³-hybridized carbons (Fsp3) is 1.00. The predicted octanol–water partition coefficient (Wildman–Crippen LogP) is 1.08. The van der Waals surface area contributed by atoms with Crippen molar-refractivity contribution in [1.29, 1.82) is 0 Å². The Morgan fingerprint density at radius 1 is 1.36 bits per heavy atom. The van der Waals surface area contributed by atoms with Gasteiger partial charge in [-0.25, -0.2) is 0 Å². The molecule has 0 aromatic heterocycles. The summed E-state index contributed by atoms with van der Waals surface area (Å²) in [7, 11) is 0. The Balaban J connectivity index is 2.66. The van der Waals surface area contributed by atoms with Crippen LogP contribution in [0.15, 0.2) is 0 Å². The van der Waals surface area contributed by atoms with E-state index in [2.05, 4.69) is 25.7 Å². The molecule has 0 aliphatic carbocycles. The first-order valence-electron chi connectivity index (χ1n) is 5.64. The smallest absolute Gasteiger partial charge is 0.0593 e. The normalized spacial score (nSPS) is 24.6. The molecule has 0 aromatic carbocycles. The van der Waals surface area contributed by atoms with E-state index >= 15 is 0 Å². The molecule has 0 spiro atoms. The van der Waals surface area contributed by atoms with Crippen molar-refractivity contribution < 1.29 is 4.74 Å². The highest BCUT2D eigenvalue weighted by molar-refractivity contribution is 4.90. The fourth-order valence-electron chi connectivity index (χ4n) is 1.99. The van der Waals surface area contributed by atoms with Crippen LogP contribution in [0.1, 0.15) is 27.2 Å². The Morgan fingerprint density at radius 3 is 2.64 bits per heavy atom. The van der Waals surface area contributed by atoms with Gasteiger partial charge in [-0.05, 0) is 19.3 Å². The minimum Gasteiger partial charge on any atom is -0.380 e. The number of nitrogens with two attached hydrogens (primary N) is 1. The van der Waals surface area contributed by atoms with Crippen LogP contribution in [0, 0.1) is 5.92 Å². The minimum absolute atomic E-state index is 0.133. The van der Waals surface area contributed by atoms with Crippen molar-refractivity contribution in [2.45, 2.75) is 32.7 Å². The summed E-state index contributed by atoms with van der Waals surface area (Å²) in [6.07, 6.45) is 1.13. The van der Waals surface area contributed by atoms with E-state index in [1.54, 1.807) is 0 Å². The van der Waals surface area contributed by atoms with Crippen LogP contribution >= 0.6 is 0 Å². The van der Waals surface area contributed by atoms with Gasteiger partial charge >= 0.3 is 0 Å². The first kappa shape index (κ1) is 12.0. The van der Waals surface area contributed by atoms with Crippen LogP contribution in [0.2, 0.25) is 0 Å². The molecule has 0 bridgehead atoms. The van der Waals surface area contributed by atoms with Crippen LogP contribution in [0.5, 0.6) is 0 Å². The topological polar surface area (TPSA) is 38.5 Å². The van der Waals surface area contributed by atoms with E-state index in [0.717, 1.165) is 39.3 Å². The van der Waals surface area contributed by atoms with Gasteiger partial charge in [0, 0.05) is 31.8 Å². The van der Waals surface area contributed by atoms with Crippen LogP contribution in [0.3, 0.4) is 0 Å². The standard InChI is InChI=1S/C11H24N2O/c1-10(2)11(3,9-12)13-5-4-7-14-8-6-13/h10H,4-9,12H2,1-3H3. The molecule has 1 heterocycles. The van der Waals surface area contributed by atoms with Crippen molar-refractivity contribution in [2.24, 2.45) is 11.7 Å². The summed E-state index contributed by atoms with van der Waals surface area (Å²) in [5, 5.41) is 0. The van der Waals surface area contributed by atoms with Gasteiger partial charge in [-0.2, -0.15) is 0 Å². The van der Waals surface area contributed by atoms with E-state index in [-0.39, 0.29) is 5.54 Å². The molecule has 1 aliphatic rings.